The molecule has 0 atom stereocenters. The summed E-state index contributed by atoms with van der Waals surface area (Å²) in [6, 6.07) is 0. The second-order valence-corrected chi connectivity index (χ2v) is 5.26. The third-order valence-corrected chi connectivity index (χ3v) is 3.40. The molecule has 0 aliphatic heterocycles. The zero-order chi connectivity index (χ0) is 17.8. The predicted molar refractivity (Wildman–Crippen MR) is 96.1 cm³/mol. The van der Waals surface area contributed by atoms with E-state index in [1.165, 1.54) is 0 Å². The number of hydrogen-bond acceptors (Lipinski definition) is 5. The van der Waals surface area contributed by atoms with E-state index < -0.39 is 0 Å². The van der Waals surface area contributed by atoms with Crippen LogP contribution in [-0.2, 0) is 0 Å². The predicted octanol–water partition coefficient (Wildman–Crippen LogP) is 3.19. The second-order valence-electron chi connectivity index (χ2n) is 5.26. The van der Waals surface area contributed by atoms with Crippen LogP contribution in [0.15, 0.2) is 46.3 Å². The maximum absolute atomic E-state index is 11.2. The van der Waals surface area contributed by atoms with Gasteiger partial charge >= 0.3 is 0 Å². The molecule has 6 heteroatoms. The zero-order valence-corrected chi connectivity index (χ0v) is 14.9. The van der Waals surface area contributed by atoms with E-state index in [0.717, 1.165) is 36.1 Å². The lowest BCUT2D eigenvalue weighted by Gasteiger charge is -2.16. The average molecular weight is 322 g/mol. The molecule has 0 aromatic carbocycles. The number of nitrogens with two attached hydrogens (primary N) is 1. The SMILES string of the molecule is CC/C=C(C)/C(=C\C=C(C)\C(NNC)=C(/CN)CCC)[N+](=O)[O-]. The van der Waals surface area contributed by atoms with E-state index in [9.17, 15) is 10.1 Å². The first kappa shape index (κ1) is 21.1. The van der Waals surface area contributed by atoms with E-state index >= 15 is 0 Å². The van der Waals surface area contributed by atoms with E-state index in [1.807, 2.05) is 19.9 Å². The molecule has 23 heavy (non-hydrogen) atoms. The molecule has 0 saturated heterocycles. The fraction of sp³-hybridized carbons (Fsp3) is 0.529. The maximum atomic E-state index is 11.2. The monoisotopic (exact) mass is 322 g/mol. The van der Waals surface area contributed by atoms with Gasteiger partial charge in [0.2, 0.25) is 0 Å². The van der Waals surface area contributed by atoms with Gasteiger partial charge in [0.25, 0.3) is 5.70 Å². The summed E-state index contributed by atoms with van der Waals surface area (Å²) in [7, 11) is 1.78. The summed E-state index contributed by atoms with van der Waals surface area (Å²) in [5.41, 5.74) is 15.5. The summed E-state index contributed by atoms with van der Waals surface area (Å²) in [6.45, 7) is 8.17. The normalized spacial score (nSPS) is 14.6. The first-order valence-corrected chi connectivity index (χ1v) is 7.98. The summed E-state index contributed by atoms with van der Waals surface area (Å²) < 4.78 is 0. The highest BCUT2D eigenvalue weighted by Crippen LogP contribution is 2.17. The second kappa shape index (κ2) is 11.6. The van der Waals surface area contributed by atoms with Crippen LogP contribution in [0.5, 0.6) is 0 Å². The summed E-state index contributed by atoms with van der Waals surface area (Å²) in [5.74, 6) is 0. The van der Waals surface area contributed by atoms with Gasteiger partial charge < -0.3 is 11.2 Å². The van der Waals surface area contributed by atoms with Crippen molar-refractivity contribution in [3.8, 4) is 0 Å². The third-order valence-electron chi connectivity index (χ3n) is 3.40. The quantitative estimate of drug-likeness (QED) is 0.326. The Labute approximate surface area is 139 Å². The number of hydrogen-bond donors (Lipinski definition) is 3. The molecule has 0 aromatic rings. The Kier molecular flexibility index (Phi) is 10.7. The van der Waals surface area contributed by atoms with E-state index in [2.05, 4.69) is 17.8 Å². The van der Waals surface area contributed by atoms with Crippen LogP contribution in [-0.4, -0.2) is 18.5 Å². The molecule has 0 aliphatic rings. The average Bonchev–Trinajstić information content (AvgIpc) is 2.50. The zero-order valence-electron chi connectivity index (χ0n) is 14.9. The van der Waals surface area contributed by atoms with Gasteiger partial charge in [0.15, 0.2) is 0 Å². The van der Waals surface area contributed by atoms with Crippen molar-refractivity contribution in [1.29, 1.82) is 0 Å². The standard InChI is InChI=1S/C17H30N4O2/c1-6-8-13(3)16(21(22)23)11-10-14(4)17(20-19-5)15(12-18)9-7-2/h8,10-11,19-20H,6-7,9,12,18H2,1-5H3/b13-8+,14-10+,16-11+,17-15+. The van der Waals surface area contributed by atoms with Crippen LogP contribution in [0.1, 0.15) is 47.0 Å². The highest BCUT2D eigenvalue weighted by Gasteiger charge is 2.12. The Morgan fingerprint density at radius 1 is 1.22 bits per heavy atom. The number of hydrazine groups is 1. The summed E-state index contributed by atoms with van der Waals surface area (Å²) in [6.07, 6.45) is 7.79. The largest absolute Gasteiger partial charge is 0.327 e. The van der Waals surface area contributed by atoms with Crippen LogP contribution in [0.2, 0.25) is 0 Å². The molecule has 0 bridgehead atoms. The van der Waals surface area contributed by atoms with Crippen LogP contribution in [0.3, 0.4) is 0 Å². The van der Waals surface area contributed by atoms with Crippen molar-refractivity contribution < 1.29 is 4.92 Å². The molecule has 0 spiro atoms. The first-order valence-electron chi connectivity index (χ1n) is 7.98. The van der Waals surface area contributed by atoms with Crippen molar-refractivity contribution in [3.05, 3.63) is 56.5 Å². The van der Waals surface area contributed by atoms with Gasteiger partial charge in [-0.25, -0.2) is 5.43 Å². The van der Waals surface area contributed by atoms with Crippen LogP contribution in [0, 0.1) is 10.1 Å². The molecule has 0 heterocycles. The van der Waals surface area contributed by atoms with Crippen molar-refractivity contribution in [2.24, 2.45) is 5.73 Å². The smallest absolute Gasteiger partial charge is 0.271 e. The van der Waals surface area contributed by atoms with Gasteiger partial charge in [-0.3, -0.25) is 10.1 Å². The van der Waals surface area contributed by atoms with Gasteiger partial charge in [0, 0.05) is 25.2 Å². The molecule has 0 rings (SSSR count). The molecule has 0 aromatic heterocycles. The van der Waals surface area contributed by atoms with Crippen LogP contribution < -0.4 is 16.6 Å². The van der Waals surface area contributed by atoms with Crippen molar-refractivity contribution >= 4 is 0 Å². The molecule has 0 amide bonds. The summed E-state index contributed by atoms with van der Waals surface area (Å²) >= 11 is 0. The Morgan fingerprint density at radius 2 is 1.87 bits per heavy atom. The maximum Gasteiger partial charge on any atom is 0.271 e. The molecule has 0 radical (unpaired) electrons. The molecule has 0 unspecified atom stereocenters. The lowest BCUT2D eigenvalue weighted by molar-refractivity contribution is -0.420. The van der Waals surface area contributed by atoms with E-state index in [1.54, 1.807) is 26.1 Å². The Balaban J connectivity index is 5.77. The van der Waals surface area contributed by atoms with Crippen LogP contribution >= 0.6 is 0 Å². The van der Waals surface area contributed by atoms with Gasteiger partial charge in [-0.2, -0.15) is 0 Å². The van der Waals surface area contributed by atoms with Crippen molar-refractivity contribution in [2.75, 3.05) is 13.6 Å². The van der Waals surface area contributed by atoms with Gasteiger partial charge in [0.1, 0.15) is 0 Å². The number of allylic oxidation sites excluding steroid dienone is 5. The fourth-order valence-corrected chi connectivity index (χ4v) is 2.26. The highest BCUT2D eigenvalue weighted by atomic mass is 16.6. The third kappa shape index (κ3) is 7.25. The molecule has 4 N–H and O–H groups in total. The van der Waals surface area contributed by atoms with Gasteiger partial charge in [-0.05, 0) is 37.8 Å². The molecule has 130 valence electrons. The van der Waals surface area contributed by atoms with Gasteiger partial charge in [-0.15, -0.1) is 0 Å². The van der Waals surface area contributed by atoms with Crippen molar-refractivity contribution in [3.63, 3.8) is 0 Å². The Bertz CT molecular complexity index is 517. The number of nitro groups is 1. The van der Waals surface area contributed by atoms with Crippen molar-refractivity contribution in [2.45, 2.75) is 47.0 Å². The topological polar surface area (TPSA) is 93.2 Å². The summed E-state index contributed by atoms with van der Waals surface area (Å²) in [5, 5.41) is 11.2. The first-order chi connectivity index (χ1) is 10.9. The number of nitrogens with one attached hydrogen (secondary N) is 2. The molecule has 0 saturated carbocycles. The summed E-state index contributed by atoms with van der Waals surface area (Å²) in [4.78, 5) is 10.9. The minimum Gasteiger partial charge on any atom is -0.327 e. The molecule has 6 nitrogen and oxygen atoms in total. The lowest BCUT2D eigenvalue weighted by Crippen LogP contribution is -2.29. The molecule has 0 fully saturated rings. The Morgan fingerprint density at radius 3 is 2.30 bits per heavy atom. The van der Waals surface area contributed by atoms with Gasteiger partial charge in [-0.1, -0.05) is 32.4 Å². The molecular weight excluding hydrogens is 292 g/mol. The van der Waals surface area contributed by atoms with E-state index in [-0.39, 0.29) is 10.6 Å². The lowest BCUT2D eigenvalue weighted by atomic mass is 10.0. The molecular formula is C17H30N4O2. The number of nitrogens with zero attached hydrogens (tertiary/aromatic N) is 1. The number of rotatable bonds is 10. The van der Waals surface area contributed by atoms with E-state index in [0.29, 0.717) is 12.1 Å². The van der Waals surface area contributed by atoms with Gasteiger partial charge in [0.05, 0.1) is 10.6 Å². The molecule has 0 aliphatic carbocycles. The highest BCUT2D eigenvalue weighted by molar-refractivity contribution is 5.37. The minimum absolute atomic E-state index is 0.111. The Hall–Kier alpha value is -1.92. The fourth-order valence-electron chi connectivity index (χ4n) is 2.26. The van der Waals surface area contributed by atoms with Crippen LogP contribution in [0.4, 0.5) is 0 Å². The van der Waals surface area contributed by atoms with E-state index in [4.69, 9.17) is 5.73 Å². The van der Waals surface area contributed by atoms with Crippen LogP contribution in [0.25, 0.3) is 0 Å². The van der Waals surface area contributed by atoms with Crippen molar-refractivity contribution in [1.82, 2.24) is 10.9 Å². The minimum atomic E-state index is -0.351.